The molecule has 1 rings (SSSR count). The first-order valence-corrected chi connectivity index (χ1v) is 5.89. The molecule has 0 aromatic heterocycles. The van der Waals surface area contributed by atoms with Gasteiger partial charge in [-0.2, -0.15) is 0 Å². The summed E-state index contributed by atoms with van der Waals surface area (Å²) in [5.74, 6) is 0.649. The van der Waals surface area contributed by atoms with Crippen molar-refractivity contribution in [2.24, 2.45) is 0 Å². The SMILES string of the molecule is Cc1cccc(C)c1OCCC(=O)OC(C)C. The summed E-state index contributed by atoms with van der Waals surface area (Å²) in [6.07, 6.45) is 0.217. The van der Waals surface area contributed by atoms with Gasteiger partial charge in [0.05, 0.1) is 19.1 Å². The number of aryl methyl sites for hydroxylation is 2. The lowest BCUT2D eigenvalue weighted by molar-refractivity contribution is -0.147. The highest BCUT2D eigenvalue weighted by molar-refractivity contribution is 5.69. The van der Waals surface area contributed by atoms with Crippen LogP contribution in [0.3, 0.4) is 0 Å². The molecule has 0 aliphatic rings. The van der Waals surface area contributed by atoms with Gasteiger partial charge in [-0.05, 0) is 38.8 Å². The van der Waals surface area contributed by atoms with Gasteiger partial charge in [-0.1, -0.05) is 18.2 Å². The van der Waals surface area contributed by atoms with Crippen molar-refractivity contribution in [3.63, 3.8) is 0 Å². The molecule has 17 heavy (non-hydrogen) atoms. The number of hydrogen-bond donors (Lipinski definition) is 0. The third-order valence-electron chi connectivity index (χ3n) is 2.33. The number of esters is 1. The van der Waals surface area contributed by atoms with Crippen LogP contribution in [0.1, 0.15) is 31.4 Å². The average Bonchev–Trinajstić information content (AvgIpc) is 2.21. The van der Waals surface area contributed by atoms with E-state index >= 15 is 0 Å². The van der Waals surface area contributed by atoms with E-state index in [1.165, 1.54) is 0 Å². The van der Waals surface area contributed by atoms with Gasteiger partial charge in [0.1, 0.15) is 5.75 Å². The lowest BCUT2D eigenvalue weighted by Gasteiger charge is -2.12. The maximum absolute atomic E-state index is 11.3. The van der Waals surface area contributed by atoms with E-state index in [0.717, 1.165) is 16.9 Å². The average molecular weight is 236 g/mol. The van der Waals surface area contributed by atoms with Crippen molar-refractivity contribution in [2.75, 3.05) is 6.61 Å². The molecule has 0 atom stereocenters. The molecule has 0 aliphatic carbocycles. The Labute approximate surface area is 103 Å². The van der Waals surface area contributed by atoms with Gasteiger partial charge in [0, 0.05) is 0 Å². The summed E-state index contributed by atoms with van der Waals surface area (Å²) in [4.78, 5) is 11.3. The third-order valence-corrected chi connectivity index (χ3v) is 2.33. The van der Waals surface area contributed by atoms with Crippen LogP contribution in [0.15, 0.2) is 18.2 Å². The molecule has 3 heteroatoms. The van der Waals surface area contributed by atoms with E-state index in [4.69, 9.17) is 9.47 Å². The highest BCUT2D eigenvalue weighted by atomic mass is 16.5. The lowest BCUT2D eigenvalue weighted by atomic mass is 10.1. The van der Waals surface area contributed by atoms with Gasteiger partial charge in [-0.3, -0.25) is 4.79 Å². The maximum Gasteiger partial charge on any atom is 0.309 e. The molecular weight excluding hydrogens is 216 g/mol. The number of ether oxygens (including phenoxy) is 2. The van der Waals surface area contributed by atoms with E-state index < -0.39 is 0 Å². The fourth-order valence-corrected chi connectivity index (χ4v) is 1.59. The maximum atomic E-state index is 11.3. The quantitative estimate of drug-likeness (QED) is 0.737. The van der Waals surface area contributed by atoms with Crippen molar-refractivity contribution in [1.82, 2.24) is 0 Å². The Kier molecular flexibility index (Phi) is 5.01. The van der Waals surface area contributed by atoms with Gasteiger partial charge < -0.3 is 9.47 Å². The van der Waals surface area contributed by atoms with Crippen molar-refractivity contribution in [2.45, 2.75) is 40.2 Å². The highest BCUT2D eigenvalue weighted by Crippen LogP contribution is 2.22. The Balaban J connectivity index is 2.43. The van der Waals surface area contributed by atoms with Crippen LogP contribution >= 0.6 is 0 Å². The van der Waals surface area contributed by atoms with E-state index in [9.17, 15) is 4.79 Å². The van der Waals surface area contributed by atoms with Crippen LogP contribution in [0.2, 0.25) is 0 Å². The molecule has 0 radical (unpaired) electrons. The van der Waals surface area contributed by atoms with Crippen LogP contribution in [0.5, 0.6) is 5.75 Å². The molecule has 0 spiro atoms. The summed E-state index contributed by atoms with van der Waals surface area (Å²) in [7, 11) is 0. The fourth-order valence-electron chi connectivity index (χ4n) is 1.59. The molecule has 0 unspecified atom stereocenters. The molecule has 0 bridgehead atoms. The molecule has 1 aromatic carbocycles. The number of rotatable bonds is 5. The van der Waals surface area contributed by atoms with Gasteiger partial charge in [0.25, 0.3) is 0 Å². The molecule has 0 fully saturated rings. The highest BCUT2D eigenvalue weighted by Gasteiger charge is 2.07. The zero-order valence-corrected chi connectivity index (χ0v) is 10.9. The third kappa shape index (κ3) is 4.47. The van der Waals surface area contributed by atoms with E-state index in [-0.39, 0.29) is 18.5 Å². The monoisotopic (exact) mass is 236 g/mol. The zero-order valence-electron chi connectivity index (χ0n) is 10.9. The Hall–Kier alpha value is -1.51. The largest absolute Gasteiger partial charge is 0.492 e. The van der Waals surface area contributed by atoms with Crippen molar-refractivity contribution < 1.29 is 14.3 Å². The number of benzene rings is 1. The summed E-state index contributed by atoms with van der Waals surface area (Å²) in [5.41, 5.74) is 2.17. The first-order valence-electron chi connectivity index (χ1n) is 5.89. The lowest BCUT2D eigenvalue weighted by Crippen LogP contribution is -2.14. The minimum atomic E-state index is -0.216. The number of para-hydroxylation sites is 1. The van der Waals surface area contributed by atoms with E-state index in [0.29, 0.717) is 6.61 Å². The molecule has 0 N–H and O–H groups in total. The Bertz CT molecular complexity index is 363. The van der Waals surface area contributed by atoms with Gasteiger partial charge in [0.15, 0.2) is 0 Å². The van der Waals surface area contributed by atoms with Crippen LogP contribution in [0, 0.1) is 13.8 Å². The summed E-state index contributed by atoms with van der Waals surface area (Å²) in [6.45, 7) is 8.02. The molecule has 0 amide bonds. The molecule has 1 aromatic rings. The van der Waals surface area contributed by atoms with Crippen molar-refractivity contribution in [1.29, 1.82) is 0 Å². The summed E-state index contributed by atoms with van der Waals surface area (Å²) < 4.78 is 10.6. The molecule has 0 aliphatic heterocycles. The van der Waals surface area contributed by atoms with E-state index in [2.05, 4.69) is 0 Å². The Morgan fingerprint density at radius 1 is 1.24 bits per heavy atom. The fraction of sp³-hybridized carbons (Fsp3) is 0.500. The number of carbonyl (C=O) groups excluding carboxylic acids is 1. The van der Waals surface area contributed by atoms with Crippen molar-refractivity contribution in [3.05, 3.63) is 29.3 Å². The van der Waals surface area contributed by atoms with E-state index in [1.54, 1.807) is 0 Å². The summed E-state index contributed by atoms with van der Waals surface area (Å²) >= 11 is 0. The Morgan fingerprint density at radius 2 is 1.82 bits per heavy atom. The summed E-state index contributed by atoms with van der Waals surface area (Å²) in [5, 5.41) is 0. The van der Waals surface area contributed by atoms with Crippen LogP contribution in [-0.4, -0.2) is 18.7 Å². The van der Waals surface area contributed by atoms with Crippen molar-refractivity contribution in [3.8, 4) is 5.75 Å². The molecular formula is C14H20O3. The summed E-state index contributed by atoms with van der Waals surface area (Å²) in [6, 6.07) is 5.98. The number of carbonyl (C=O) groups is 1. The van der Waals surface area contributed by atoms with E-state index in [1.807, 2.05) is 45.9 Å². The van der Waals surface area contributed by atoms with Crippen molar-refractivity contribution >= 4 is 5.97 Å². The van der Waals surface area contributed by atoms with Crippen LogP contribution in [0.25, 0.3) is 0 Å². The molecule has 0 saturated carbocycles. The first-order chi connectivity index (χ1) is 8.00. The Morgan fingerprint density at radius 3 is 2.35 bits per heavy atom. The molecule has 0 saturated heterocycles. The predicted octanol–water partition coefficient (Wildman–Crippen LogP) is 3.02. The van der Waals surface area contributed by atoms with Gasteiger partial charge >= 0.3 is 5.97 Å². The minimum absolute atomic E-state index is 0.0669. The molecule has 94 valence electrons. The van der Waals surface area contributed by atoms with Gasteiger partial charge in [-0.25, -0.2) is 0 Å². The number of hydrogen-bond acceptors (Lipinski definition) is 3. The standard InChI is InChI=1S/C14H20O3/c1-10(2)17-13(15)8-9-16-14-11(3)6-5-7-12(14)4/h5-7,10H,8-9H2,1-4H3. The molecule has 3 nitrogen and oxygen atoms in total. The minimum Gasteiger partial charge on any atom is -0.492 e. The zero-order chi connectivity index (χ0) is 12.8. The van der Waals surface area contributed by atoms with Gasteiger partial charge in [-0.15, -0.1) is 0 Å². The second-order valence-corrected chi connectivity index (χ2v) is 4.36. The van der Waals surface area contributed by atoms with Crippen LogP contribution in [-0.2, 0) is 9.53 Å². The second kappa shape index (κ2) is 6.28. The smallest absolute Gasteiger partial charge is 0.309 e. The molecule has 0 heterocycles. The first kappa shape index (κ1) is 13.6. The predicted molar refractivity (Wildman–Crippen MR) is 67.3 cm³/mol. The van der Waals surface area contributed by atoms with Crippen LogP contribution < -0.4 is 4.74 Å². The van der Waals surface area contributed by atoms with Crippen LogP contribution in [0.4, 0.5) is 0 Å². The topological polar surface area (TPSA) is 35.5 Å². The van der Waals surface area contributed by atoms with Gasteiger partial charge in [0.2, 0.25) is 0 Å². The normalized spacial score (nSPS) is 10.4. The second-order valence-electron chi connectivity index (χ2n) is 4.36.